The molecule has 0 spiro atoms. The second kappa shape index (κ2) is 6.31. The fraction of sp³-hybridized carbons (Fsp3) is 0.222. The summed E-state index contributed by atoms with van der Waals surface area (Å²) in [6, 6.07) is 4.94. The quantitative estimate of drug-likeness (QED) is 0.798. The molecule has 1 N–H and O–H groups in total. The molecule has 2 heterocycles. The Kier molecular flexibility index (Phi) is 4.20. The van der Waals surface area contributed by atoms with Crippen molar-refractivity contribution in [2.24, 2.45) is 0 Å². The molecule has 3 rings (SSSR count). The molecule has 0 bridgehead atoms. The van der Waals surface area contributed by atoms with Crippen LogP contribution in [0, 0.1) is 12.7 Å². The Hall–Kier alpha value is -2.89. The molecule has 0 saturated heterocycles. The highest BCUT2D eigenvalue weighted by Gasteiger charge is 2.11. The molecule has 3 aromatic rings. The van der Waals surface area contributed by atoms with Crippen molar-refractivity contribution in [3.63, 3.8) is 0 Å². The smallest absolute Gasteiger partial charge is 0.221 e. The van der Waals surface area contributed by atoms with Crippen molar-refractivity contribution >= 4 is 22.6 Å². The van der Waals surface area contributed by atoms with Crippen molar-refractivity contribution in [1.82, 2.24) is 15.0 Å². The number of nitrogens with zero attached hydrogens (tertiary/aromatic N) is 3. The maximum absolute atomic E-state index is 14.0. The first kappa shape index (κ1) is 16.0. The molecular weight excluding hydrogens is 307 g/mol. The molecule has 5 nitrogen and oxygen atoms in total. The molecule has 0 unspecified atom stereocenters. The Bertz CT molecular complexity index is 940. The average Bonchev–Trinajstić information content (AvgIpc) is 2.56. The summed E-state index contributed by atoms with van der Waals surface area (Å²) in [5.41, 5.74) is 3.16. The van der Waals surface area contributed by atoms with Crippen LogP contribution < -0.4 is 5.32 Å². The third-order valence-electron chi connectivity index (χ3n) is 3.73. The lowest BCUT2D eigenvalue weighted by Gasteiger charge is -2.11. The van der Waals surface area contributed by atoms with E-state index in [4.69, 9.17) is 0 Å². The van der Waals surface area contributed by atoms with Gasteiger partial charge in [0.05, 0.1) is 5.69 Å². The lowest BCUT2D eigenvalue weighted by molar-refractivity contribution is -0.114. The number of hydrogen-bond donors (Lipinski definition) is 1. The number of anilines is 1. The van der Waals surface area contributed by atoms with E-state index in [1.54, 1.807) is 18.5 Å². The first-order chi connectivity index (χ1) is 11.5. The number of aromatic nitrogens is 3. The summed E-state index contributed by atoms with van der Waals surface area (Å²) in [7, 11) is 0. The number of carbonyl (C=O) groups excluding carboxylic acids is 1. The van der Waals surface area contributed by atoms with Crippen LogP contribution in [0.2, 0.25) is 0 Å². The van der Waals surface area contributed by atoms with Gasteiger partial charge in [-0.25, -0.2) is 19.3 Å². The molecular formula is C18H17FN4O. The van der Waals surface area contributed by atoms with E-state index in [2.05, 4.69) is 20.3 Å². The summed E-state index contributed by atoms with van der Waals surface area (Å²) in [6.07, 6.45) is 4.19. The van der Waals surface area contributed by atoms with E-state index in [0.29, 0.717) is 5.65 Å². The Balaban J connectivity index is 2.10. The number of fused-ring (bicyclic) bond motifs is 1. The topological polar surface area (TPSA) is 67.8 Å². The second-order valence-corrected chi connectivity index (χ2v) is 5.60. The maximum atomic E-state index is 14.0. The fourth-order valence-electron chi connectivity index (χ4n) is 2.54. The van der Waals surface area contributed by atoms with Gasteiger partial charge in [-0.2, -0.15) is 0 Å². The summed E-state index contributed by atoms with van der Waals surface area (Å²) >= 11 is 0. The van der Waals surface area contributed by atoms with Gasteiger partial charge in [0, 0.05) is 36.7 Å². The number of halogens is 1. The van der Waals surface area contributed by atoms with Crippen molar-refractivity contribution in [3.05, 3.63) is 47.8 Å². The summed E-state index contributed by atoms with van der Waals surface area (Å²) < 4.78 is 14.0. The molecule has 1 amide bonds. The van der Waals surface area contributed by atoms with Crippen LogP contribution in [0.25, 0.3) is 22.2 Å². The van der Waals surface area contributed by atoms with Gasteiger partial charge in [-0.15, -0.1) is 0 Å². The maximum Gasteiger partial charge on any atom is 0.221 e. The zero-order chi connectivity index (χ0) is 17.3. The monoisotopic (exact) mass is 324 g/mol. The van der Waals surface area contributed by atoms with Gasteiger partial charge < -0.3 is 5.32 Å². The van der Waals surface area contributed by atoms with Gasteiger partial charge in [0.2, 0.25) is 5.91 Å². The molecule has 0 aliphatic heterocycles. The van der Waals surface area contributed by atoms with Crippen LogP contribution in [0.1, 0.15) is 25.2 Å². The van der Waals surface area contributed by atoms with Crippen molar-refractivity contribution < 1.29 is 9.18 Å². The number of rotatable bonds is 3. The molecule has 24 heavy (non-hydrogen) atoms. The van der Waals surface area contributed by atoms with Gasteiger partial charge in [0.1, 0.15) is 11.6 Å². The van der Waals surface area contributed by atoms with Crippen molar-refractivity contribution in [3.8, 4) is 11.1 Å². The zero-order valence-corrected chi connectivity index (χ0v) is 13.7. The third kappa shape index (κ3) is 3.08. The summed E-state index contributed by atoms with van der Waals surface area (Å²) in [6.45, 7) is 5.15. The van der Waals surface area contributed by atoms with E-state index in [9.17, 15) is 9.18 Å². The average molecular weight is 324 g/mol. The highest BCUT2D eigenvalue weighted by molar-refractivity contribution is 5.90. The lowest BCUT2D eigenvalue weighted by atomic mass is 10.00. The number of pyridine rings is 1. The van der Waals surface area contributed by atoms with Crippen LogP contribution in [-0.2, 0) is 11.2 Å². The predicted molar refractivity (Wildman–Crippen MR) is 91.1 cm³/mol. The summed E-state index contributed by atoms with van der Waals surface area (Å²) in [4.78, 5) is 24.3. The molecule has 0 aliphatic rings. The zero-order valence-electron chi connectivity index (χ0n) is 13.7. The van der Waals surface area contributed by atoms with Gasteiger partial charge in [-0.1, -0.05) is 6.92 Å². The lowest BCUT2D eigenvalue weighted by Crippen LogP contribution is -2.08. The molecule has 0 radical (unpaired) electrons. The van der Waals surface area contributed by atoms with Gasteiger partial charge in [-0.3, -0.25) is 4.79 Å². The number of aryl methyl sites for hydroxylation is 2. The molecule has 6 heteroatoms. The molecule has 122 valence electrons. The highest BCUT2D eigenvalue weighted by atomic mass is 19.1. The number of benzene rings is 1. The van der Waals surface area contributed by atoms with Gasteiger partial charge >= 0.3 is 0 Å². The van der Waals surface area contributed by atoms with E-state index in [-0.39, 0.29) is 11.6 Å². The summed E-state index contributed by atoms with van der Waals surface area (Å²) in [5.74, 6) is -0.0365. The molecule has 0 fully saturated rings. The van der Waals surface area contributed by atoms with Crippen molar-refractivity contribution in [1.29, 1.82) is 0 Å². The minimum absolute atomic E-state index is 0.153. The SMILES string of the molecule is CCc1ncc2cc(-c3cc(NC(C)=O)c(F)cc3C)cnc2n1. The Morgan fingerprint density at radius 2 is 2.00 bits per heavy atom. The van der Waals surface area contributed by atoms with Crippen LogP contribution in [0.3, 0.4) is 0 Å². The van der Waals surface area contributed by atoms with Crippen LogP contribution in [0.4, 0.5) is 10.1 Å². The van der Waals surface area contributed by atoms with Crippen LogP contribution in [-0.4, -0.2) is 20.9 Å². The molecule has 2 aromatic heterocycles. The largest absolute Gasteiger partial charge is 0.324 e. The van der Waals surface area contributed by atoms with Gasteiger partial charge in [0.25, 0.3) is 0 Å². The van der Waals surface area contributed by atoms with Crippen molar-refractivity contribution in [2.45, 2.75) is 27.2 Å². The Morgan fingerprint density at radius 1 is 1.21 bits per heavy atom. The number of amides is 1. The van der Waals surface area contributed by atoms with Gasteiger partial charge in [-0.05, 0) is 36.2 Å². The van der Waals surface area contributed by atoms with Crippen LogP contribution in [0.15, 0.2) is 30.6 Å². The summed E-state index contributed by atoms with van der Waals surface area (Å²) in [5, 5.41) is 3.32. The minimum atomic E-state index is -0.462. The first-order valence-electron chi connectivity index (χ1n) is 7.67. The standard InChI is InChI=1S/C18H17FN4O/c1-4-17-20-9-13-6-12(8-21-18(13)23-17)14-7-16(22-11(3)24)15(19)5-10(14)2/h5-9H,4H2,1-3H3,(H,22,24). The second-order valence-electron chi connectivity index (χ2n) is 5.60. The van der Waals surface area contributed by atoms with Crippen molar-refractivity contribution in [2.75, 3.05) is 5.32 Å². The van der Waals surface area contributed by atoms with E-state index >= 15 is 0 Å². The Morgan fingerprint density at radius 3 is 2.71 bits per heavy atom. The fourth-order valence-corrected chi connectivity index (χ4v) is 2.54. The highest BCUT2D eigenvalue weighted by Crippen LogP contribution is 2.29. The predicted octanol–water partition coefficient (Wildman–Crippen LogP) is 3.66. The first-order valence-corrected chi connectivity index (χ1v) is 7.67. The van der Waals surface area contributed by atoms with Gasteiger partial charge in [0.15, 0.2) is 5.65 Å². The third-order valence-corrected chi connectivity index (χ3v) is 3.73. The van der Waals surface area contributed by atoms with Crippen LogP contribution >= 0.6 is 0 Å². The van der Waals surface area contributed by atoms with E-state index in [1.165, 1.54) is 13.0 Å². The van der Waals surface area contributed by atoms with Crippen LogP contribution in [0.5, 0.6) is 0 Å². The Labute approximate surface area is 139 Å². The molecule has 0 aliphatic carbocycles. The van der Waals surface area contributed by atoms with E-state index in [1.807, 2.05) is 19.9 Å². The molecule has 0 atom stereocenters. The molecule has 1 aromatic carbocycles. The number of nitrogens with one attached hydrogen (secondary N) is 1. The number of carbonyl (C=O) groups is 1. The minimum Gasteiger partial charge on any atom is -0.324 e. The normalized spacial score (nSPS) is 10.8. The molecule has 0 saturated carbocycles. The van der Waals surface area contributed by atoms with E-state index in [0.717, 1.165) is 34.3 Å². The number of hydrogen-bond acceptors (Lipinski definition) is 4. The van der Waals surface area contributed by atoms with E-state index < -0.39 is 5.82 Å².